The van der Waals surface area contributed by atoms with Crippen LogP contribution in [0.2, 0.25) is 5.02 Å². The summed E-state index contributed by atoms with van der Waals surface area (Å²) in [6.07, 6.45) is -0.220. The van der Waals surface area contributed by atoms with Crippen molar-refractivity contribution in [1.82, 2.24) is 4.90 Å². The van der Waals surface area contributed by atoms with Gasteiger partial charge in [-0.25, -0.2) is 0 Å². The van der Waals surface area contributed by atoms with Crippen LogP contribution in [0.3, 0.4) is 0 Å². The Labute approximate surface area is 129 Å². The van der Waals surface area contributed by atoms with Crippen molar-refractivity contribution in [3.8, 4) is 0 Å². The van der Waals surface area contributed by atoms with E-state index < -0.39 is 0 Å². The Morgan fingerprint density at radius 1 is 1.57 bits per heavy atom. The molecule has 116 valence electrons. The van der Waals surface area contributed by atoms with Crippen molar-refractivity contribution >= 4 is 23.2 Å². The molecule has 0 saturated carbocycles. The zero-order valence-electron chi connectivity index (χ0n) is 12.3. The number of morpholine rings is 1. The Bertz CT molecular complexity index is 510. The number of carbonyl (C=O) groups is 1. The van der Waals surface area contributed by atoms with Gasteiger partial charge in [-0.2, -0.15) is 0 Å². The molecule has 2 atom stereocenters. The van der Waals surface area contributed by atoms with Gasteiger partial charge in [0.15, 0.2) is 0 Å². The fourth-order valence-corrected chi connectivity index (χ4v) is 2.48. The standard InChI is InChI=1S/C15H21ClN2O3/c1-10-3-4-12(16)5-14(10)17-15(20)7-18-6-13(8-19)21-9-11(18)2/h3-5,11,13,19H,6-9H2,1-2H3,(H,17,20). The van der Waals surface area contributed by atoms with Crippen LogP contribution in [0.15, 0.2) is 18.2 Å². The molecule has 0 aliphatic carbocycles. The molecular weight excluding hydrogens is 292 g/mol. The van der Waals surface area contributed by atoms with Gasteiger partial charge in [-0.05, 0) is 31.5 Å². The lowest BCUT2D eigenvalue weighted by atomic mass is 10.2. The number of aliphatic hydroxyl groups is 1. The maximum absolute atomic E-state index is 12.2. The van der Waals surface area contributed by atoms with Crippen molar-refractivity contribution in [2.45, 2.75) is 26.0 Å². The third-order valence-electron chi connectivity index (χ3n) is 3.66. The second-order valence-electron chi connectivity index (χ2n) is 5.42. The Hall–Kier alpha value is -1.14. The van der Waals surface area contributed by atoms with Gasteiger partial charge < -0.3 is 15.2 Å². The van der Waals surface area contributed by atoms with Gasteiger partial charge >= 0.3 is 0 Å². The highest BCUT2D eigenvalue weighted by Gasteiger charge is 2.27. The van der Waals surface area contributed by atoms with E-state index in [1.165, 1.54) is 0 Å². The summed E-state index contributed by atoms with van der Waals surface area (Å²) >= 11 is 5.95. The molecule has 1 amide bonds. The number of ether oxygens (including phenoxy) is 1. The van der Waals surface area contributed by atoms with E-state index in [1.54, 1.807) is 12.1 Å². The number of anilines is 1. The number of halogens is 1. The Balaban J connectivity index is 1.96. The van der Waals surface area contributed by atoms with Crippen molar-refractivity contribution in [3.05, 3.63) is 28.8 Å². The lowest BCUT2D eigenvalue weighted by molar-refractivity contribution is -0.122. The first-order chi connectivity index (χ1) is 9.99. The van der Waals surface area contributed by atoms with Crippen molar-refractivity contribution in [2.24, 2.45) is 0 Å². The topological polar surface area (TPSA) is 61.8 Å². The van der Waals surface area contributed by atoms with Crippen LogP contribution in [0.4, 0.5) is 5.69 Å². The lowest BCUT2D eigenvalue weighted by Gasteiger charge is -2.36. The fraction of sp³-hybridized carbons (Fsp3) is 0.533. The number of benzene rings is 1. The first-order valence-electron chi connectivity index (χ1n) is 7.02. The van der Waals surface area contributed by atoms with E-state index in [2.05, 4.69) is 5.32 Å². The molecule has 2 unspecified atom stereocenters. The van der Waals surface area contributed by atoms with Gasteiger partial charge in [0.1, 0.15) is 0 Å². The normalized spacial score (nSPS) is 23.0. The molecule has 0 bridgehead atoms. The van der Waals surface area contributed by atoms with E-state index >= 15 is 0 Å². The smallest absolute Gasteiger partial charge is 0.238 e. The molecule has 6 heteroatoms. The third kappa shape index (κ3) is 4.41. The summed E-state index contributed by atoms with van der Waals surface area (Å²) < 4.78 is 5.46. The molecule has 5 nitrogen and oxygen atoms in total. The molecule has 0 radical (unpaired) electrons. The quantitative estimate of drug-likeness (QED) is 0.888. The summed E-state index contributed by atoms with van der Waals surface area (Å²) in [5, 5.41) is 12.6. The number of aliphatic hydroxyl groups excluding tert-OH is 1. The molecule has 1 aliphatic rings. The summed E-state index contributed by atoms with van der Waals surface area (Å²) in [4.78, 5) is 14.2. The molecule has 1 fully saturated rings. The first-order valence-corrected chi connectivity index (χ1v) is 7.40. The van der Waals surface area contributed by atoms with Crippen LogP contribution in [0.25, 0.3) is 0 Å². The fourth-order valence-electron chi connectivity index (χ4n) is 2.31. The number of nitrogens with one attached hydrogen (secondary N) is 1. The van der Waals surface area contributed by atoms with Gasteiger partial charge in [0.2, 0.25) is 5.91 Å². The second-order valence-corrected chi connectivity index (χ2v) is 5.86. The van der Waals surface area contributed by atoms with Crippen LogP contribution < -0.4 is 5.32 Å². The molecular formula is C15H21ClN2O3. The van der Waals surface area contributed by atoms with Gasteiger partial charge in [-0.15, -0.1) is 0 Å². The number of aryl methyl sites for hydroxylation is 1. The van der Waals surface area contributed by atoms with E-state index in [0.29, 0.717) is 18.2 Å². The van der Waals surface area contributed by atoms with Gasteiger partial charge in [0.25, 0.3) is 0 Å². The molecule has 1 saturated heterocycles. The van der Waals surface area contributed by atoms with Crippen molar-refractivity contribution in [3.63, 3.8) is 0 Å². The van der Waals surface area contributed by atoms with E-state index in [4.69, 9.17) is 21.4 Å². The molecule has 0 spiro atoms. The van der Waals surface area contributed by atoms with Crippen molar-refractivity contribution in [1.29, 1.82) is 0 Å². The number of hydrogen-bond donors (Lipinski definition) is 2. The maximum Gasteiger partial charge on any atom is 0.238 e. The highest BCUT2D eigenvalue weighted by atomic mass is 35.5. The molecule has 1 aromatic carbocycles. The summed E-state index contributed by atoms with van der Waals surface area (Å²) in [5.74, 6) is -0.0918. The summed E-state index contributed by atoms with van der Waals surface area (Å²) in [6, 6.07) is 5.56. The van der Waals surface area contributed by atoms with Crippen molar-refractivity contribution in [2.75, 3.05) is 31.6 Å². The molecule has 2 rings (SSSR count). The van der Waals surface area contributed by atoms with E-state index in [9.17, 15) is 4.79 Å². The molecule has 1 heterocycles. The van der Waals surface area contributed by atoms with Gasteiger partial charge in [0.05, 0.1) is 25.9 Å². The number of rotatable bonds is 4. The summed E-state index contributed by atoms with van der Waals surface area (Å²) in [7, 11) is 0. The van der Waals surface area contributed by atoms with E-state index in [-0.39, 0.29) is 31.2 Å². The third-order valence-corrected chi connectivity index (χ3v) is 3.89. The number of nitrogens with zero attached hydrogens (tertiary/aromatic N) is 1. The highest BCUT2D eigenvalue weighted by Crippen LogP contribution is 2.20. The van der Waals surface area contributed by atoms with Crippen molar-refractivity contribution < 1.29 is 14.6 Å². The summed E-state index contributed by atoms with van der Waals surface area (Å²) in [5.41, 5.74) is 1.70. The van der Waals surface area contributed by atoms with Crippen LogP contribution in [-0.4, -0.2) is 54.4 Å². The minimum atomic E-state index is -0.220. The van der Waals surface area contributed by atoms with Crippen LogP contribution in [0.1, 0.15) is 12.5 Å². The van der Waals surface area contributed by atoms with E-state index in [1.807, 2.05) is 24.8 Å². The largest absolute Gasteiger partial charge is 0.394 e. The first kappa shape index (κ1) is 16.2. The Morgan fingerprint density at radius 3 is 3.05 bits per heavy atom. The predicted octanol–water partition coefficient (Wildman–Crippen LogP) is 1.67. The van der Waals surface area contributed by atoms with Crippen LogP contribution >= 0.6 is 11.6 Å². The maximum atomic E-state index is 12.2. The predicted molar refractivity (Wildman–Crippen MR) is 82.7 cm³/mol. The van der Waals surface area contributed by atoms with Crippen LogP contribution in [0, 0.1) is 6.92 Å². The van der Waals surface area contributed by atoms with Gasteiger partial charge in [-0.1, -0.05) is 17.7 Å². The minimum absolute atomic E-state index is 0.0295. The SMILES string of the molecule is Cc1ccc(Cl)cc1NC(=O)CN1CC(CO)OCC1C. The molecule has 1 aliphatic heterocycles. The monoisotopic (exact) mass is 312 g/mol. The average molecular weight is 313 g/mol. The average Bonchev–Trinajstić information content (AvgIpc) is 2.45. The van der Waals surface area contributed by atoms with E-state index in [0.717, 1.165) is 11.3 Å². The highest BCUT2D eigenvalue weighted by molar-refractivity contribution is 6.31. The summed E-state index contributed by atoms with van der Waals surface area (Å²) in [6.45, 7) is 5.25. The lowest BCUT2D eigenvalue weighted by Crippen LogP contribution is -2.51. The van der Waals surface area contributed by atoms with Crippen LogP contribution in [0.5, 0.6) is 0 Å². The Kier molecular flexibility index (Phi) is 5.58. The Morgan fingerprint density at radius 2 is 2.33 bits per heavy atom. The minimum Gasteiger partial charge on any atom is -0.394 e. The molecule has 1 aromatic rings. The molecule has 0 aromatic heterocycles. The zero-order chi connectivity index (χ0) is 15.4. The second kappa shape index (κ2) is 7.22. The molecule has 21 heavy (non-hydrogen) atoms. The van der Waals surface area contributed by atoms with Gasteiger partial charge in [-0.3, -0.25) is 9.69 Å². The van der Waals surface area contributed by atoms with Crippen LogP contribution in [-0.2, 0) is 9.53 Å². The molecule has 2 N–H and O–H groups in total. The van der Waals surface area contributed by atoms with Gasteiger partial charge in [0, 0.05) is 23.3 Å². The number of hydrogen-bond acceptors (Lipinski definition) is 4. The zero-order valence-corrected chi connectivity index (χ0v) is 13.1. The number of carbonyl (C=O) groups excluding carboxylic acids is 1. The number of amides is 1.